The molecular formula is C16H18ClF3N6O2. The Labute approximate surface area is 164 Å². The van der Waals surface area contributed by atoms with E-state index in [9.17, 15) is 22.8 Å². The molecule has 8 nitrogen and oxygen atoms in total. The van der Waals surface area contributed by atoms with E-state index in [1.165, 1.54) is 6.07 Å². The van der Waals surface area contributed by atoms with E-state index in [1.807, 2.05) is 11.4 Å². The number of nitrogens with one attached hydrogen (secondary N) is 2. The highest BCUT2D eigenvalue weighted by Crippen LogP contribution is 2.34. The first-order valence-corrected chi connectivity index (χ1v) is 8.57. The summed E-state index contributed by atoms with van der Waals surface area (Å²) in [5.41, 5.74) is -0.622. The predicted molar refractivity (Wildman–Crippen MR) is 93.2 cm³/mol. The molecule has 2 heterocycles. The van der Waals surface area contributed by atoms with Gasteiger partial charge in [-0.15, -0.1) is 10.2 Å². The normalized spacial score (nSPS) is 18.4. The topological polar surface area (TPSA) is 111 Å². The predicted octanol–water partition coefficient (Wildman–Crippen LogP) is 3.03. The van der Waals surface area contributed by atoms with Crippen LogP contribution in [0.1, 0.15) is 38.8 Å². The number of anilines is 1. The number of amides is 3. The van der Waals surface area contributed by atoms with Crippen LogP contribution in [0.2, 0.25) is 5.15 Å². The van der Waals surface area contributed by atoms with Crippen molar-refractivity contribution in [2.75, 3.05) is 11.9 Å². The summed E-state index contributed by atoms with van der Waals surface area (Å²) < 4.78 is 38.9. The van der Waals surface area contributed by atoms with Crippen LogP contribution in [-0.2, 0) is 4.79 Å². The summed E-state index contributed by atoms with van der Waals surface area (Å²) in [6.07, 6.45) is -4.95. The van der Waals surface area contributed by atoms with Crippen LogP contribution in [0.3, 0.4) is 0 Å². The molecule has 152 valence electrons. The van der Waals surface area contributed by atoms with Crippen LogP contribution in [0.4, 0.5) is 23.8 Å². The fourth-order valence-electron chi connectivity index (χ4n) is 2.48. The maximum Gasteiger partial charge on any atom is 0.410 e. The van der Waals surface area contributed by atoms with Crippen LogP contribution in [0.15, 0.2) is 6.07 Å². The van der Waals surface area contributed by atoms with Gasteiger partial charge in [0.2, 0.25) is 5.91 Å². The van der Waals surface area contributed by atoms with E-state index < -0.39 is 36.3 Å². The van der Waals surface area contributed by atoms with E-state index in [0.717, 1.165) is 4.90 Å². The van der Waals surface area contributed by atoms with Gasteiger partial charge >= 0.3 is 12.2 Å². The van der Waals surface area contributed by atoms with Crippen molar-refractivity contribution in [1.82, 2.24) is 20.4 Å². The van der Waals surface area contributed by atoms with E-state index in [-0.39, 0.29) is 28.9 Å². The molecule has 3 amide bonds. The van der Waals surface area contributed by atoms with E-state index >= 15 is 0 Å². The third kappa shape index (κ3) is 4.81. The molecule has 28 heavy (non-hydrogen) atoms. The minimum absolute atomic E-state index is 0.00856. The van der Waals surface area contributed by atoms with Crippen LogP contribution in [0.5, 0.6) is 0 Å². The number of hydrogen-bond acceptors (Lipinski definition) is 5. The Balaban J connectivity index is 2.36. The number of halogens is 4. The number of hydrogen-bond donors (Lipinski definition) is 2. The molecule has 1 aromatic rings. The first-order chi connectivity index (χ1) is 12.8. The van der Waals surface area contributed by atoms with E-state index in [2.05, 4.69) is 15.5 Å². The van der Waals surface area contributed by atoms with Gasteiger partial charge in [0.05, 0.1) is 25.1 Å². The van der Waals surface area contributed by atoms with E-state index in [1.54, 1.807) is 20.8 Å². The molecule has 2 rings (SSSR count). The number of alkyl halides is 3. The molecule has 1 aliphatic rings. The van der Waals surface area contributed by atoms with Crippen molar-refractivity contribution in [3.05, 3.63) is 16.8 Å². The van der Waals surface area contributed by atoms with Gasteiger partial charge in [0.25, 0.3) is 0 Å². The van der Waals surface area contributed by atoms with Gasteiger partial charge in [0.15, 0.2) is 11.0 Å². The third-order valence-corrected chi connectivity index (χ3v) is 4.35. The summed E-state index contributed by atoms with van der Waals surface area (Å²) in [5.74, 6) is -0.364. The van der Waals surface area contributed by atoms with Crippen LogP contribution in [-0.4, -0.2) is 45.8 Å². The monoisotopic (exact) mass is 418 g/mol. The van der Waals surface area contributed by atoms with Crippen molar-refractivity contribution >= 4 is 29.4 Å². The maximum atomic E-state index is 13.0. The molecule has 1 unspecified atom stereocenters. The number of rotatable bonds is 4. The quantitative estimate of drug-likeness (QED) is 0.780. The molecular weight excluding hydrogens is 401 g/mol. The molecule has 0 spiro atoms. The molecule has 12 heteroatoms. The van der Waals surface area contributed by atoms with Crippen LogP contribution < -0.4 is 10.6 Å². The fraction of sp³-hybridized carbons (Fsp3) is 0.562. The smallest absolute Gasteiger partial charge is 0.324 e. The summed E-state index contributed by atoms with van der Waals surface area (Å²) in [6, 6.07) is -0.996. The van der Waals surface area contributed by atoms with Crippen molar-refractivity contribution in [2.24, 2.45) is 5.41 Å². The second-order valence-electron chi connectivity index (χ2n) is 7.25. The average Bonchev–Trinajstić information content (AvgIpc) is 2.95. The molecule has 2 N–H and O–H groups in total. The largest absolute Gasteiger partial charge is 0.410 e. The van der Waals surface area contributed by atoms with Crippen molar-refractivity contribution in [1.29, 1.82) is 5.26 Å². The Bertz CT molecular complexity index is 818. The van der Waals surface area contributed by atoms with Crippen LogP contribution >= 0.6 is 11.6 Å². The summed E-state index contributed by atoms with van der Waals surface area (Å²) in [5, 5.41) is 20.7. The second kappa shape index (κ2) is 7.79. The van der Waals surface area contributed by atoms with Crippen molar-refractivity contribution in [3.8, 4) is 6.07 Å². The van der Waals surface area contributed by atoms with Gasteiger partial charge in [-0.25, -0.2) is 4.79 Å². The zero-order valence-electron chi connectivity index (χ0n) is 15.3. The van der Waals surface area contributed by atoms with Crippen LogP contribution in [0.25, 0.3) is 0 Å². The summed E-state index contributed by atoms with van der Waals surface area (Å²) in [7, 11) is 0. The Kier molecular flexibility index (Phi) is 6.03. The van der Waals surface area contributed by atoms with Crippen LogP contribution in [0, 0.1) is 16.7 Å². The van der Waals surface area contributed by atoms with Gasteiger partial charge in [-0.3, -0.25) is 4.79 Å². The highest BCUT2D eigenvalue weighted by molar-refractivity contribution is 6.30. The molecule has 0 aromatic carbocycles. The van der Waals surface area contributed by atoms with Crippen molar-refractivity contribution in [2.45, 2.75) is 45.5 Å². The number of urea groups is 1. The SMILES string of the molecule is CC(C)(C)C(=O)Nc1cc(C(CC#N)N2C[C@@H](C(F)(F)F)NC2=O)c(Cl)nn1. The lowest BCUT2D eigenvalue weighted by Gasteiger charge is -2.26. The average molecular weight is 419 g/mol. The molecule has 0 aliphatic carbocycles. The molecule has 1 saturated heterocycles. The minimum atomic E-state index is -4.63. The summed E-state index contributed by atoms with van der Waals surface area (Å²) >= 11 is 6.03. The molecule has 1 aromatic heterocycles. The minimum Gasteiger partial charge on any atom is -0.324 e. The van der Waals surface area contributed by atoms with E-state index in [0.29, 0.717) is 0 Å². The first-order valence-electron chi connectivity index (χ1n) is 8.20. The molecule has 0 saturated carbocycles. The highest BCUT2D eigenvalue weighted by atomic mass is 35.5. The van der Waals surface area contributed by atoms with Gasteiger partial charge in [0, 0.05) is 11.0 Å². The highest BCUT2D eigenvalue weighted by Gasteiger charge is 2.48. The van der Waals surface area contributed by atoms with E-state index in [4.69, 9.17) is 16.9 Å². The standard InChI is InChI=1S/C16H18ClF3N6O2/c1-15(2,3)13(27)23-11-6-8(12(17)25-24-11)9(4-5-21)26-7-10(16(18,19)20)22-14(26)28/h6,9-10H,4,7H2,1-3H3,(H,22,28)(H,23,24,27)/t9?,10-/m0/s1. The fourth-order valence-corrected chi connectivity index (χ4v) is 2.69. The Morgan fingerprint density at radius 3 is 2.61 bits per heavy atom. The maximum absolute atomic E-state index is 13.0. The van der Waals surface area contributed by atoms with Crippen molar-refractivity contribution in [3.63, 3.8) is 0 Å². The van der Waals surface area contributed by atoms with Gasteiger partial charge < -0.3 is 15.5 Å². The van der Waals surface area contributed by atoms with Gasteiger partial charge in [-0.05, 0) is 6.07 Å². The number of nitriles is 1. The van der Waals surface area contributed by atoms with Gasteiger partial charge in [0.1, 0.15) is 6.04 Å². The Morgan fingerprint density at radius 2 is 2.11 bits per heavy atom. The zero-order chi connectivity index (χ0) is 21.3. The Morgan fingerprint density at radius 1 is 1.46 bits per heavy atom. The number of aromatic nitrogens is 2. The summed E-state index contributed by atoms with van der Waals surface area (Å²) in [6.45, 7) is 4.35. The lowest BCUT2D eigenvalue weighted by Crippen LogP contribution is -2.40. The van der Waals surface area contributed by atoms with Gasteiger partial charge in [-0.2, -0.15) is 18.4 Å². The lowest BCUT2D eigenvalue weighted by atomic mass is 9.96. The first kappa shape index (κ1) is 21.7. The number of carbonyl (C=O) groups is 2. The third-order valence-electron chi connectivity index (χ3n) is 4.05. The molecule has 2 atom stereocenters. The van der Waals surface area contributed by atoms with Crippen molar-refractivity contribution < 1.29 is 22.8 Å². The number of carbonyl (C=O) groups excluding carboxylic acids is 2. The second-order valence-corrected chi connectivity index (χ2v) is 7.61. The molecule has 0 radical (unpaired) electrons. The zero-order valence-corrected chi connectivity index (χ0v) is 16.0. The molecule has 1 aliphatic heterocycles. The number of nitrogens with zero attached hydrogens (tertiary/aromatic N) is 4. The molecule has 0 bridgehead atoms. The lowest BCUT2D eigenvalue weighted by molar-refractivity contribution is -0.150. The summed E-state index contributed by atoms with van der Waals surface area (Å²) in [4.78, 5) is 25.1. The molecule has 1 fully saturated rings. The Hall–Kier alpha value is -2.61. The van der Waals surface area contributed by atoms with Gasteiger partial charge in [-0.1, -0.05) is 32.4 Å².